The van der Waals surface area contributed by atoms with Crippen LogP contribution in [0, 0.1) is 20.2 Å². The third-order valence-electron chi connectivity index (χ3n) is 3.03. The number of carbonyl (C=O) groups is 2. The average Bonchev–Trinajstić information content (AvgIpc) is 2.59. The molecule has 2 aromatic rings. The van der Waals surface area contributed by atoms with Gasteiger partial charge in [0.1, 0.15) is 5.02 Å². The molecule has 0 saturated carbocycles. The molecule has 0 bridgehead atoms. The van der Waals surface area contributed by atoms with Crippen molar-refractivity contribution in [2.75, 3.05) is 0 Å². The number of hydrogen-bond acceptors (Lipinski definition) is 6. The van der Waals surface area contributed by atoms with Crippen LogP contribution in [0.15, 0.2) is 42.5 Å². The molecule has 2 rings (SSSR count). The third kappa shape index (κ3) is 4.26. The van der Waals surface area contributed by atoms with E-state index in [1.54, 1.807) is 0 Å². The molecule has 10 nitrogen and oxygen atoms in total. The Hall–Kier alpha value is -3.53. The molecular weight excluding hydrogens is 356 g/mol. The number of amides is 2. The fourth-order valence-corrected chi connectivity index (χ4v) is 1.97. The summed E-state index contributed by atoms with van der Waals surface area (Å²) in [7, 11) is 0. The highest BCUT2D eigenvalue weighted by Crippen LogP contribution is 2.24. The Labute approximate surface area is 144 Å². The maximum atomic E-state index is 11.9. The van der Waals surface area contributed by atoms with Crippen molar-refractivity contribution in [2.24, 2.45) is 0 Å². The van der Waals surface area contributed by atoms with Crippen LogP contribution in [0.3, 0.4) is 0 Å². The Bertz CT molecular complexity index is 868. The van der Waals surface area contributed by atoms with Crippen LogP contribution in [0.25, 0.3) is 0 Å². The van der Waals surface area contributed by atoms with Crippen molar-refractivity contribution in [3.8, 4) is 0 Å². The fourth-order valence-electron chi connectivity index (χ4n) is 1.79. The predicted molar refractivity (Wildman–Crippen MR) is 86.1 cm³/mol. The van der Waals surface area contributed by atoms with Gasteiger partial charge in [-0.3, -0.25) is 40.7 Å². The molecule has 0 aliphatic rings. The number of nitro groups is 2. The Morgan fingerprint density at radius 2 is 1.36 bits per heavy atom. The number of hydrogen-bond donors (Lipinski definition) is 2. The zero-order valence-corrected chi connectivity index (χ0v) is 13.0. The summed E-state index contributed by atoms with van der Waals surface area (Å²) in [5.74, 6) is -1.51. The van der Waals surface area contributed by atoms with E-state index in [1.165, 1.54) is 24.3 Å². The molecule has 0 saturated heterocycles. The molecule has 2 aromatic carbocycles. The summed E-state index contributed by atoms with van der Waals surface area (Å²) in [6.07, 6.45) is 0. The minimum Gasteiger partial charge on any atom is -0.267 e. The van der Waals surface area contributed by atoms with Gasteiger partial charge in [-0.15, -0.1) is 0 Å². The number of non-ortho nitro benzene ring substituents is 1. The van der Waals surface area contributed by atoms with Gasteiger partial charge >= 0.3 is 0 Å². The summed E-state index contributed by atoms with van der Waals surface area (Å²) in [4.78, 5) is 43.8. The SMILES string of the molecule is O=C(NNC(=O)c1ccc(Cl)c([N+](=O)[O-])c1)c1ccc([N+](=O)[O-])cc1. The van der Waals surface area contributed by atoms with Gasteiger partial charge in [-0.05, 0) is 24.3 Å². The molecule has 2 amide bonds. The second kappa shape index (κ2) is 7.36. The first kappa shape index (κ1) is 17.8. The van der Waals surface area contributed by atoms with Gasteiger partial charge in [0.25, 0.3) is 23.2 Å². The average molecular weight is 365 g/mol. The van der Waals surface area contributed by atoms with Crippen molar-refractivity contribution in [1.82, 2.24) is 10.9 Å². The highest BCUT2D eigenvalue weighted by Gasteiger charge is 2.17. The van der Waals surface area contributed by atoms with Gasteiger partial charge < -0.3 is 0 Å². The number of nitro benzene ring substituents is 2. The molecule has 0 fully saturated rings. The van der Waals surface area contributed by atoms with Crippen molar-refractivity contribution in [3.05, 3.63) is 78.8 Å². The molecule has 0 atom stereocenters. The summed E-state index contributed by atoms with van der Waals surface area (Å²) < 4.78 is 0. The van der Waals surface area contributed by atoms with Crippen LogP contribution in [-0.2, 0) is 0 Å². The van der Waals surface area contributed by atoms with Crippen LogP contribution in [-0.4, -0.2) is 21.7 Å². The Balaban J connectivity index is 2.04. The maximum Gasteiger partial charge on any atom is 0.288 e. The first-order valence-corrected chi connectivity index (χ1v) is 6.96. The molecule has 0 spiro atoms. The van der Waals surface area contributed by atoms with Crippen molar-refractivity contribution in [1.29, 1.82) is 0 Å². The number of rotatable bonds is 4. The van der Waals surface area contributed by atoms with Gasteiger partial charge in [0, 0.05) is 29.3 Å². The molecule has 2 N–H and O–H groups in total. The van der Waals surface area contributed by atoms with Gasteiger partial charge in [-0.1, -0.05) is 11.6 Å². The molecule has 128 valence electrons. The van der Waals surface area contributed by atoms with E-state index in [2.05, 4.69) is 10.9 Å². The zero-order chi connectivity index (χ0) is 18.6. The first-order valence-electron chi connectivity index (χ1n) is 6.58. The number of nitrogens with zero attached hydrogens (tertiary/aromatic N) is 2. The van der Waals surface area contributed by atoms with Gasteiger partial charge in [-0.2, -0.15) is 0 Å². The summed E-state index contributed by atoms with van der Waals surface area (Å²) >= 11 is 5.65. The topological polar surface area (TPSA) is 144 Å². The van der Waals surface area contributed by atoms with E-state index in [0.29, 0.717) is 0 Å². The monoisotopic (exact) mass is 364 g/mol. The van der Waals surface area contributed by atoms with Gasteiger partial charge in [0.15, 0.2) is 0 Å². The smallest absolute Gasteiger partial charge is 0.267 e. The standard InChI is InChI=1S/C14H9ClN4O6/c15-11-6-3-9(7-12(11)19(24)25)14(21)17-16-13(20)8-1-4-10(5-2-8)18(22)23/h1-7H,(H,16,20)(H,17,21). The van der Waals surface area contributed by atoms with E-state index >= 15 is 0 Å². The van der Waals surface area contributed by atoms with Crippen molar-refractivity contribution >= 4 is 34.8 Å². The van der Waals surface area contributed by atoms with Gasteiger partial charge in [-0.25, -0.2) is 0 Å². The van der Waals surface area contributed by atoms with Gasteiger partial charge in [0.05, 0.1) is 9.85 Å². The molecule has 0 radical (unpaired) electrons. The van der Waals surface area contributed by atoms with Crippen LogP contribution >= 0.6 is 11.6 Å². The molecule has 11 heteroatoms. The molecular formula is C14H9ClN4O6. The minimum atomic E-state index is -0.796. The summed E-state index contributed by atoms with van der Waals surface area (Å²) in [5, 5.41) is 21.2. The third-order valence-corrected chi connectivity index (χ3v) is 3.35. The number of benzene rings is 2. The highest BCUT2D eigenvalue weighted by molar-refractivity contribution is 6.32. The number of hydrazine groups is 1. The summed E-state index contributed by atoms with van der Waals surface area (Å²) in [5.41, 5.74) is 3.54. The summed E-state index contributed by atoms with van der Waals surface area (Å²) in [6.45, 7) is 0. The summed E-state index contributed by atoms with van der Waals surface area (Å²) in [6, 6.07) is 8.11. The zero-order valence-electron chi connectivity index (χ0n) is 12.3. The van der Waals surface area contributed by atoms with Crippen molar-refractivity contribution in [2.45, 2.75) is 0 Å². The van der Waals surface area contributed by atoms with Crippen LogP contribution < -0.4 is 10.9 Å². The lowest BCUT2D eigenvalue weighted by Crippen LogP contribution is -2.41. The Kier molecular flexibility index (Phi) is 5.25. The molecule has 0 aromatic heterocycles. The van der Waals surface area contributed by atoms with E-state index in [1.807, 2.05) is 0 Å². The molecule has 25 heavy (non-hydrogen) atoms. The first-order chi connectivity index (χ1) is 11.8. The lowest BCUT2D eigenvalue weighted by atomic mass is 10.2. The predicted octanol–water partition coefficient (Wildman–Crippen LogP) is 2.23. The fraction of sp³-hybridized carbons (Fsp3) is 0. The number of halogens is 1. The quantitative estimate of drug-likeness (QED) is 0.628. The Morgan fingerprint density at radius 1 is 0.840 bits per heavy atom. The van der Waals surface area contributed by atoms with E-state index < -0.39 is 27.3 Å². The maximum absolute atomic E-state index is 11.9. The number of nitrogens with one attached hydrogen (secondary N) is 2. The Morgan fingerprint density at radius 3 is 1.88 bits per heavy atom. The largest absolute Gasteiger partial charge is 0.288 e. The van der Waals surface area contributed by atoms with Crippen LogP contribution in [0.1, 0.15) is 20.7 Å². The lowest BCUT2D eigenvalue weighted by molar-refractivity contribution is -0.385. The van der Waals surface area contributed by atoms with Crippen LogP contribution in [0.2, 0.25) is 5.02 Å². The number of carbonyl (C=O) groups excluding carboxylic acids is 2. The van der Waals surface area contributed by atoms with E-state index in [4.69, 9.17) is 11.6 Å². The van der Waals surface area contributed by atoms with Gasteiger partial charge in [0.2, 0.25) is 0 Å². The molecule has 0 aliphatic heterocycles. The van der Waals surface area contributed by atoms with Crippen LogP contribution in [0.4, 0.5) is 11.4 Å². The highest BCUT2D eigenvalue weighted by atomic mass is 35.5. The second-order valence-electron chi connectivity index (χ2n) is 4.64. The van der Waals surface area contributed by atoms with Crippen molar-refractivity contribution < 1.29 is 19.4 Å². The normalized spacial score (nSPS) is 9.96. The molecule has 0 unspecified atom stereocenters. The minimum absolute atomic E-state index is 0.0768. The second-order valence-corrected chi connectivity index (χ2v) is 5.04. The van der Waals surface area contributed by atoms with Crippen LogP contribution in [0.5, 0.6) is 0 Å². The molecule has 0 heterocycles. The van der Waals surface area contributed by atoms with E-state index in [-0.39, 0.29) is 21.8 Å². The molecule has 0 aliphatic carbocycles. The van der Waals surface area contributed by atoms with Crippen molar-refractivity contribution in [3.63, 3.8) is 0 Å². The lowest BCUT2D eigenvalue weighted by Gasteiger charge is -2.07. The van der Waals surface area contributed by atoms with E-state index in [0.717, 1.165) is 18.2 Å². The van der Waals surface area contributed by atoms with E-state index in [9.17, 15) is 29.8 Å².